The van der Waals surface area contributed by atoms with Crippen LogP contribution in [0.25, 0.3) is 0 Å². The van der Waals surface area contributed by atoms with Gasteiger partial charge in [-0.2, -0.15) is 0 Å². The van der Waals surface area contributed by atoms with Crippen molar-refractivity contribution in [2.24, 2.45) is 0 Å². The Morgan fingerprint density at radius 3 is 2.64 bits per heavy atom. The maximum absolute atomic E-state index is 11.8. The molecule has 1 aromatic rings. The SMILES string of the molecule is O=C(CCCC[n+]1ccccc1)NCCCN1CCOCC1. The number of amides is 1. The number of aromatic nitrogens is 1. The number of aryl methyl sites for hydroxylation is 1. The van der Waals surface area contributed by atoms with Crippen molar-refractivity contribution in [1.29, 1.82) is 0 Å². The number of carbonyl (C=O) groups excluding carboxylic acids is 1. The third-order valence-corrected chi connectivity index (χ3v) is 3.92. The van der Waals surface area contributed by atoms with E-state index < -0.39 is 0 Å². The lowest BCUT2D eigenvalue weighted by Crippen LogP contribution is -2.38. The average Bonchev–Trinajstić information content (AvgIpc) is 2.57. The summed E-state index contributed by atoms with van der Waals surface area (Å²) in [6.07, 6.45) is 7.75. The van der Waals surface area contributed by atoms with Gasteiger partial charge < -0.3 is 10.1 Å². The Balaban J connectivity index is 1.44. The molecule has 0 aliphatic carbocycles. The lowest BCUT2D eigenvalue weighted by Gasteiger charge is -2.26. The Hall–Kier alpha value is -1.46. The number of hydrogen-bond donors (Lipinski definition) is 1. The first kappa shape index (κ1) is 16.9. The Kier molecular flexibility index (Phi) is 7.91. The van der Waals surface area contributed by atoms with Crippen LogP contribution in [-0.4, -0.2) is 50.2 Å². The van der Waals surface area contributed by atoms with Gasteiger partial charge in [-0.3, -0.25) is 9.69 Å². The lowest BCUT2D eigenvalue weighted by atomic mass is 10.2. The highest BCUT2D eigenvalue weighted by molar-refractivity contribution is 5.75. The van der Waals surface area contributed by atoms with Gasteiger partial charge in [0.2, 0.25) is 5.91 Å². The largest absolute Gasteiger partial charge is 0.379 e. The number of morpholine rings is 1. The molecule has 0 saturated carbocycles. The highest BCUT2D eigenvalue weighted by Gasteiger charge is 2.09. The maximum Gasteiger partial charge on any atom is 0.219 e. The van der Waals surface area contributed by atoms with Crippen molar-refractivity contribution in [2.45, 2.75) is 32.2 Å². The molecule has 122 valence electrons. The summed E-state index contributed by atoms with van der Waals surface area (Å²) in [5.41, 5.74) is 0. The Labute approximate surface area is 133 Å². The summed E-state index contributed by atoms with van der Waals surface area (Å²) < 4.78 is 7.47. The molecule has 1 fully saturated rings. The van der Waals surface area contributed by atoms with Crippen LogP contribution in [0.2, 0.25) is 0 Å². The molecule has 0 spiro atoms. The molecule has 1 amide bonds. The molecule has 5 heteroatoms. The van der Waals surface area contributed by atoms with Crippen LogP contribution in [0.3, 0.4) is 0 Å². The molecule has 2 heterocycles. The van der Waals surface area contributed by atoms with Crippen molar-refractivity contribution in [3.8, 4) is 0 Å². The molecule has 1 saturated heterocycles. The number of nitrogens with one attached hydrogen (secondary N) is 1. The third kappa shape index (κ3) is 7.00. The number of nitrogens with zero attached hydrogens (tertiary/aromatic N) is 2. The van der Waals surface area contributed by atoms with Gasteiger partial charge in [0, 0.05) is 44.6 Å². The number of carbonyl (C=O) groups is 1. The zero-order valence-electron chi connectivity index (χ0n) is 13.4. The molecule has 5 nitrogen and oxygen atoms in total. The third-order valence-electron chi connectivity index (χ3n) is 3.92. The van der Waals surface area contributed by atoms with Crippen LogP contribution < -0.4 is 9.88 Å². The van der Waals surface area contributed by atoms with Gasteiger partial charge in [0.05, 0.1) is 13.2 Å². The van der Waals surface area contributed by atoms with E-state index in [1.54, 1.807) is 0 Å². The van der Waals surface area contributed by atoms with Crippen LogP contribution in [-0.2, 0) is 16.1 Å². The minimum absolute atomic E-state index is 0.181. The van der Waals surface area contributed by atoms with E-state index in [1.165, 1.54) is 0 Å². The first-order valence-electron chi connectivity index (χ1n) is 8.35. The van der Waals surface area contributed by atoms with E-state index in [4.69, 9.17) is 4.74 Å². The molecule has 2 rings (SSSR count). The fourth-order valence-electron chi connectivity index (χ4n) is 2.61. The first-order valence-corrected chi connectivity index (χ1v) is 8.35. The van der Waals surface area contributed by atoms with Crippen molar-refractivity contribution in [2.75, 3.05) is 39.4 Å². The van der Waals surface area contributed by atoms with Crippen molar-refractivity contribution in [3.05, 3.63) is 30.6 Å². The Morgan fingerprint density at radius 2 is 1.86 bits per heavy atom. The van der Waals surface area contributed by atoms with E-state index in [0.717, 1.165) is 65.2 Å². The highest BCUT2D eigenvalue weighted by atomic mass is 16.5. The number of unbranched alkanes of at least 4 members (excludes halogenated alkanes) is 1. The summed E-state index contributed by atoms with van der Waals surface area (Å²) in [7, 11) is 0. The monoisotopic (exact) mass is 306 g/mol. The Bertz CT molecular complexity index is 419. The molecule has 22 heavy (non-hydrogen) atoms. The summed E-state index contributed by atoms with van der Waals surface area (Å²) in [5, 5.41) is 3.02. The van der Waals surface area contributed by atoms with E-state index in [0.29, 0.717) is 6.42 Å². The second-order valence-electron chi connectivity index (χ2n) is 5.73. The van der Waals surface area contributed by atoms with E-state index in [-0.39, 0.29) is 5.91 Å². The second-order valence-corrected chi connectivity index (χ2v) is 5.73. The molecule has 1 N–H and O–H groups in total. The van der Waals surface area contributed by atoms with Gasteiger partial charge in [0.15, 0.2) is 12.4 Å². The van der Waals surface area contributed by atoms with Crippen LogP contribution in [0, 0.1) is 0 Å². The van der Waals surface area contributed by atoms with Gasteiger partial charge in [-0.15, -0.1) is 0 Å². The van der Waals surface area contributed by atoms with Gasteiger partial charge in [-0.05, 0) is 19.4 Å². The van der Waals surface area contributed by atoms with Crippen LogP contribution >= 0.6 is 0 Å². The molecule has 1 aromatic heterocycles. The molecule has 0 unspecified atom stereocenters. The average molecular weight is 306 g/mol. The fourth-order valence-corrected chi connectivity index (χ4v) is 2.61. The van der Waals surface area contributed by atoms with Gasteiger partial charge in [0.25, 0.3) is 0 Å². The molecule has 1 aliphatic rings. The van der Waals surface area contributed by atoms with Crippen molar-refractivity contribution >= 4 is 5.91 Å². The van der Waals surface area contributed by atoms with Gasteiger partial charge in [-0.25, -0.2) is 4.57 Å². The predicted octanol–water partition coefficient (Wildman–Crippen LogP) is 0.983. The van der Waals surface area contributed by atoms with Crippen LogP contribution in [0.4, 0.5) is 0 Å². The van der Waals surface area contributed by atoms with Gasteiger partial charge >= 0.3 is 0 Å². The highest BCUT2D eigenvalue weighted by Crippen LogP contribution is 1.98. The topological polar surface area (TPSA) is 45.5 Å². The summed E-state index contributed by atoms with van der Waals surface area (Å²) in [5.74, 6) is 0.181. The zero-order valence-corrected chi connectivity index (χ0v) is 13.4. The number of rotatable bonds is 9. The molecule has 0 radical (unpaired) electrons. The first-order chi connectivity index (χ1) is 10.8. The molecular weight excluding hydrogens is 278 g/mol. The smallest absolute Gasteiger partial charge is 0.219 e. The van der Waals surface area contributed by atoms with E-state index in [9.17, 15) is 4.79 Å². The minimum Gasteiger partial charge on any atom is -0.379 e. The maximum atomic E-state index is 11.8. The molecule has 0 aromatic carbocycles. The fraction of sp³-hybridized carbons (Fsp3) is 0.647. The van der Waals surface area contributed by atoms with Crippen LogP contribution in [0.1, 0.15) is 25.7 Å². The summed E-state index contributed by atoms with van der Waals surface area (Å²) >= 11 is 0. The van der Waals surface area contributed by atoms with Crippen LogP contribution in [0.15, 0.2) is 30.6 Å². The normalized spacial score (nSPS) is 15.6. The number of pyridine rings is 1. The second kappa shape index (κ2) is 10.3. The number of ether oxygens (including phenoxy) is 1. The number of hydrogen-bond acceptors (Lipinski definition) is 3. The quantitative estimate of drug-likeness (QED) is 0.546. The van der Waals surface area contributed by atoms with Crippen LogP contribution in [0.5, 0.6) is 0 Å². The molecule has 0 bridgehead atoms. The minimum atomic E-state index is 0.181. The van der Waals surface area contributed by atoms with E-state index >= 15 is 0 Å². The summed E-state index contributed by atoms with van der Waals surface area (Å²) in [6.45, 7) is 6.52. The summed E-state index contributed by atoms with van der Waals surface area (Å²) in [6, 6.07) is 6.07. The molecular formula is C17H28N3O2+. The predicted molar refractivity (Wildman–Crippen MR) is 85.4 cm³/mol. The molecule has 1 aliphatic heterocycles. The van der Waals surface area contributed by atoms with E-state index in [1.807, 2.05) is 18.2 Å². The zero-order chi connectivity index (χ0) is 15.5. The Morgan fingerprint density at radius 1 is 1.09 bits per heavy atom. The van der Waals surface area contributed by atoms with E-state index in [2.05, 4.69) is 27.2 Å². The lowest BCUT2D eigenvalue weighted by molar-refractivity contribution is -0.697. The van der Waals surface area contributed by atoms with Crippen molar-refractivity contribution in [3.63, 3.8) is 0 Å². The molecule has 0 atom stereocenters. The van der Waals surface area contributed by atoms with Crippen molar-refractivity contribution in [1.82, 2.24) is 10.2 Å². The van der Waals surface area contributed by atoms with Crippen molar-refractivity contribution < 1.29 is 14.1 Å². The summed E-state index contributed by atoms with van der Waals surface area (Å²) in [4.78, 5) is 14.1. The standard InChI is InChI=1S/C17H27N3O2/c21-17(7-2-5-11-19-9-3-1-4-10-19)18-8-6-12-20-13-15-22-16-14-20/h1,3-4,9-10H,2,5-8,11-16H2/p+1. The van der Waals surface area contributed by atoms with Gasteiger partial charge in [-0.1, -0.05) is 6.07 Å². The van der Waals surface area contributed by atoms with Gasteiger partial charge in [0.1, 0.15) is 6.54 Å².